The minimum absolute atomic E-state index is 0.0605. The van der Waals surface area contributed by atoms with Gasteiger partial charge in [0.05, 0.1) is 0 Å². The SMILES string of the molecule is O=C(NCC1CC1)O[C@@H]1C[C@H]1c1ccc(Br)cc1. The summed E-state index contributed by atoms with van der Waals surface area (Å²) in [6.45, 7) is 0.772. The molecule has 0 bridgehead atoms. The number of alkyl carbamates (subject to hydrolysis) is 1. The van der Waals surface area contributed by atoms with Crippen LogP contribution in [0, 0.1) is 5.92 Å². The van der Waals surface area contributed by atoms with Gasteiger partial charge in [0.25, 0.3) is 0 Å². The molecule has 1 N–H and O–H groups in total. The lowest BCUT2D eigenvalue weighted by Crippen LogP contribution is -2.27. The monoisotopic (exact) mass is 309 g/mol. The summed E-state index contributed by atoms with van der Waals surface area (Å²) in [5, 5.41) is 2.83. The highest BCUT2D eigenvalue weighted by atomic mass is 79.9. The van der Waals surface area contributed by atoms with Crippen LogP contribution in [0.3, 0.4) is 0 Å². The van der Waals surface area contributed by atoms with E-state index < -0.39 is 0 Å². The first-order valence-electron chi connectivity index (χ1n) is 6.42. The first-order valence-corrected chi connectivity index (χ1v) is 7.21. The smallest absolute Gasteiger partial charge is 0.407 e. The van der Waals surface area contributed by atoms with Crippen molar-refractivity contribution in [3.05, 3.63) is 34.3 Å². The standard InChI is InChI=1S/C14H16BrNO2/c15-11-5-3-10(4-6-11)12-7-13(12)18-14(17)16-8-9-1-2-9/h3-6,9,12-13H,1-2,7-8H2,(H,16,17)/t12-,13+/m0/s1. The van der Waals surface area contributed by atoms with Gasteiger partial charge in [0, 0.05) is 16.9 Å². The maximum atomic E-state index is 11.5. The first kappa shape index (κ1) is 12.0. The maximum absolute atomic E-state index is 11.5. The van der Waals surface area contributed by atoms with Gasteiger partial charge >= 0.3 is 6.09 Å². The summed E-state index contributed by atoms with van der Waals surface area (Å²) in [6, 6.07) is 8.22. The molecular formula is C14H16BrNO2. The van der Waals surface area contributed by atoms with Gasteiger partial charge < -0.3 is 10.1 Å². The van der Waals surface area contributed by atoms with E-state index in [0.29, 0.717) is 11.8 Å². The molecule has 0 saturated heterocycles. The number of carbonyl (C=O) groups is 1. The number of ether oxygens (including phenoxy) is 1. The molecule has 2 fully saturated rings. The molecule has 1 aromatic carbocycles. The molecule has 96 valence electrons. The zero-order valence-electron chi connectivity index (χ0n) is 10.1. The summed E-state index contributed by atoms with van der Waals surface area (Å²) >= 11 is 3.41. The van der Waals surface area contributed by atoms with Crippen molar-refractivity contribution in [1.82, 2.24) is 5.32 Å². The number of hydrogen-bond acceptors (Lipinski definition) is 2. The summed E-state index contributed by atoms with van der Waals surface area (Å²) in [7, 11) is 0. The fourth-order valence-electron chi connectivity index (χ4n) is 2.09. The van der Waals surface area contributed by atoms with Gasteiger partial charge in [-0.1, -0.05) is 28.1 Å². The number of nitrogens with one attached hydrogen (secondary N) is 1. The summed E-state index contributed by atoms with van der Waals surface area (Å²) in [5.74, 6) is 1.07. The molecule has 2 aliphatic carbocycles. The average molecular weight is 310 g/mol. The Hall–Kier alpha value is -1.03. The van der Waals surface area contributed by atoms with E-state index >= 15 is 0 Å². The molecule has 3 nitrogen and oxygen atoms in total. The van der Waals surface area contributed by atoms with Crippen molar-refractivity contribution in [3.8, 4) is 0 Å². The Morgan fingerprint density at radius 3 is 2.72 bits per heavy atom. The molecule has 3 rings (SSSR count). The third kappa shape index (κ3) is 3.05. The van der Waals surface area contributed by atoms with E-state index in [1.807, 2.05) is 12.1 Å². The number of amides is 1. The minimum Gasteiger partial charge on any atom is -0.446 e. The third-order valence-corrected chi connectivity index (χ3v) is 4.05. The molecule has 0 spiro atoms. The zero-order chi connectivity index (χ0) is 12.5. The van der Waals surface area contributed by atoms with Crippen molar-refractivity contribution >= 4 is 22.0 Å². The zero-order valence-corrected chi connectivity index (χ0v) is 11.7. The lowest BCUT2D eigenvalue weighted by molar-refractivity contribution is 0.136. The third-order valence-electron chi connectivity index (χ3n) is 3.52. The predicted molar refractivity (Wildman–Crippen MR) is 72.5 cm³/mol. The van der Waals surface area contributed by atoms with Gasteiger partial charge in [0.1, 0.15) is 6.10 Å². The normalized spacial score (nSPS) is 25.6. The average Bonchev–Trinajstić information content (AvgIpc) is 3.23. The lowest BCUT2D eigenvalue weighted by atomic mass is 10.1. The highest BCUT2D eigenvalue weighted by molar-refractivity contribution is 9.10. The number of hydrogen-bond donors (Lipinski definition) is 1. The van der Waals surface area contributed by atoms with Crippen LogP contribution in [0.4, 0.5) is 4.79 Å². The highest BCUT2D eigenvalue weighted by Gasteiger charge is 2.42. The summed E-state index contributed by atoms with van der Waals surface area (Å²) in [4.78, 5) is 11.5. The van der Waals surface area contributed by atoms with Gasteiger partial charge in [-0.15, -0.1) is 0 Å². The number of benzene rings is 1. The highest BCUT2D eigenvalue weighted by Crippen LogP contribution is 2.43. The van der Waals surface area contributed by atoms with E-state index in [1.54, 1.807) is 0 Å². The maximum Gasteiger partial charge on any atom is 0.407 e. The van der Waals surface area contributed by atoms with Gasteiger partial charge in [-0.25, -0.2) is 4.79 Å². The molecular weight excluding hydrogens is 294 g/mol. The Labute approximate surface area is 115 Å². The van der Waals surface area contributed by atoms with Crippen LogP contribution in [-0.4, -0.2) is 18.7 Å². The second-order valence-corrected chi connectivity index (χ2v) is 6.08. The van der Waals surface area contributed by atoms with Crippen molar-refractivity contribution in [2.45, 2.75) is 31.3 Å². The molecule has 0 aliphatic heterocycles. The van der Waals surface area contributed by atoms with Crippen LogP contribution < -0.4 is 5.32 Å². The van der Waals surface area contributed by atoms with Crippen molar-refractivity contribution in [1.29, 1.82) is 0 Å². The van der Waals surface area contributed by atoms with Crippen LogP contribution in [0.2, 0.25) is 0 Å². The molecule has 0 heterocycles. The Kier molecular flexibility index (Phi) is 3.29. The van der Waals surface area contributed by atoms with Crippen molar-refractivity contribution < 1.29 is 9.53 Å². The lowest BCUT2D eigenvalue weighted by Gasteiger charge is -2.06. The number of halogens is 1. The minimum atomic E-state index is -0.258. The largest absolute Gasteiger partial charge is 0.446 e. The van der Waals surface area contributed by atoms with Crippen molar-refractivity contribution in [3.63, 3.8) is 0 Å². The van der Waals surface area contributed by atoms with Crippen LogP contribution >= 0.6 is 15.9 Å². The molecule has 2 aliphatic rings. The molecule has 1 amide bonds. The van der Waals surface area contributed by atoms with Crippen LogP contribution in [0.25, 0.3) is 0 Å². The molecule has 2 saturated carbocycles. The van der Waals surface area contributed by atoms with E-state index in [4.69, 9.17) is 4.74 Å². The molecule has 1 aromatic rings. The molecule has 0 unspecified atom stereocenters. The fraction of sp³-hybridized carbons (Fsp3) is 0.500. The van der Waals surface area contributed by atoms with Crippen LogP contribution in [0.15, 0.2) is 28.7 Å². The molecule has 18 heavy (non-hydrogen) atoms. The topological polar surface area (TPSA) is 38.3 Å². The van der Waals surface area contributed by atoms with E-state index in [2.05, 4.69) is 33.4 Å². The molecule has 0 radical (unpaired) electrons. The Balaban J connectivity index is 1.45. The van der Waals surface area contributed by atoms with Gasteiger partial charge in [-0.05, 0) is 42.9 Å². The summed E-state index contributed by atoms with van der Waals surface area (Å²) < 4.78 is 6.45. The van der Waals surface area contributed by atoms with Crippen molar-refractivity contribution in [2.24, 2.45) is 5.92 Å². The Bertz CT molecular complexity index is 442. The van der Waals surface area contributed by atoms with Gasteiger partial charge in [-0.2, -0.15) is 0 Å². The predicted octanol–water partition coefficient (Wildman–Crippen LogP) is 3.44. The molecule has 2 atom stereocenters. The fourth-order valence-corrected chi connectivity index (χ4v) is 2.36. The second kappa shape index (κ2) is 4.92. The van der Waals surface area contributed by atoms with E-state index in [-0.39, 0.29) is 12.2 Å². The van der Waals surface area contributed by atoms with E-state index in [1.165, 1.54) is 18.4 Å². The van der Waals surface area contributed by atoms with Crippen LogP contribution in [0.1, 0.15) is 30.7 Å². The summed E-state index contributed by atoms with van der Waals surface area (Å²) in [6.07, 6.45) is 3.23. The Morgan fingerprint density at radius 2 is 2.06 bits per heavy atom. The molecule has 0 aromatic heterocycles. The second-order valence-electron chi connectivity index (χ2n) is 5.16. The summed E-state index contributed by atoms with van der Waals surface area (Å²) in [5.41, 5.74) is 1.25. The van der Waals surface area contributed by atoms with Crippen LogP contribution in [-0.2, 0) is 4.74 Å². The number of carbonyl (C=O) groups excluding carboxylic acids is 1. The number of rotatable bonds is 4. The quantitative estimate of drug-likeness (QED) is 0.925. The van der Waals surface area contributed by atoms with Crippen molar-refractivity contribution in [2.75, 3.05) is 6.54 Å². The Morgan fingerprint density at radius 1 is 1.33 bits per heavy atom. The molecule has 4 heteroatoms. The van der Waals surface area contributed by atoms with Gasteiger partial charge in [-0.3, -0.25) is 0 Å². The van der Waals surface area contributed by atoms with Gasteiger partial charge in [0.2, 0.25) is 0 Å². The first-order chi connectivity index (χ1) is 8.72. The van der Waals surface area contributed by atoms with E-state index in [9.17, 15) is 4.79 Å². The van der Waals surface area contributed by atoms with Crippen LogP contribution in [0.5, 0.6) is 0 Å². The van der Waals surface area contributed by atoms with E-state index in [0.717, 1.165) is 17.4 Å². The van der Waals surface area contributed by atoms with Gasteiger partial charge in [0.15, 0.2) is 0 Å².